The second-order valence-corrected chi connectivity index (χ2v) is 6.65. The molecule has 0 aliphatic heterocycles. The first-order valence-electron chi connectivity index (χ1n) is 7.00. The zero-order chi connectivity index (χ0) is 14.9. The highest BCUT2D eigenvalue weighted by Gasteiger charge is 2.44. The number of rotatable bonds is 2. The van der Waals surface area contributed by atoms with E-state index in [9.17, 15) is 4.79 Å². The van der Waals surface area contributed by atoms with Crippen LogP contribution in [0, 0.1) is 17.3 Å². The lowest BCUT2D eigenvalue weighted by Gasteiger charge is -2.46. The van der Waals surface area contributed by atoms with Crippen molar-refractivity contribution in [2.45, 2.75) is 39.7 Å². The maximum absolute atomic E-state index is 12.5. The molecule has 1 aliphatic rings. The summed E-state index contributed by atoms with van der Waals surface area (Å²) in [6, 6.07) is 3.60. The summed E-state index contributed by atoms with van der Waals surface area (Å²) in [5.41, 5.74) is 6.70. The summed E-state index contributed by atoms with van der Waals surface area (Å²) in [5, 5.41) is 3.35. The van der Waals surface area contributed by atoms with Crippen LogP contribution in [-0.4, -0.2) is 16.9 Å². The lowest BCUT2D eigenvalue weighted by atomic mass is 9.61. The maximum Gasteiger partial charge on any atom is 0.228 e. The molecule has 3 N–H and O–H groups in total. The van der Waals surface area contributed by atoms with E-state index in [0.717, 1.165) is 12.8 Å². The van der Waals surface area contributed by atoms with Gasteiger partial charge in [-0.1, -0.05) is 32.4 Å². The van der Waals surface area contributed by atoms with Crippen LogP contribution in [0.25, 0.3) is 0 Å². The Morgan fingerprint density at radius 2 is 2.15 bits per heavy atom. The minimum atomic E-state index is -0.110. The Morgan fingerprint density at radius 1 is 1.45 bits per heavy atom. The van der Waals surface area contributed by atoms with Crippen molar-refractivity contribution < 1.29 is 4.79 Å². The topological polar surface area (TPSA) is 68.0 Å². The van der Waals surface area contributed by atoms with E-state index in [1.165, 1.54) is 0 Å². The fraction of sp³-hybridized carbons (Fsp3) is 0.600. The van der Waals surface area contributed by atoms with Crippen LogP contribution < -0.4 is 11.1 Å². The fourth-order valence-electron chi connectivity index (χ4n) is 3.00. The van der Waals surface area contributed by atoms with Crippen LogP contribution in [-0.2, 0) is 4.79 Å². The first kappa shape index (κ1) is 15.3. The predicted octanol–water partition coefficient (Wildman–Crippen LogP) is 3.07. The Hall–Kier alpha value is -1.13. The number of anilines is 1. The van der Waals surface area contributed by atoms with Crippen LogP contribution in [0.1, 0.15) is 33.6 Å². The Morgan fingerprint density at radius 3 is 2.75 bits per heavy atom. The smallest absolute Gasteiger partial charge is 0.228 e. The molecule has 1 saturated carbocycles. The molecule has 3 atom stereocenters. The second kappa shape index (κ2) is 5.70. The van der Waals surface area contributed by atoms with Gasteiger partial charge < -0.3 is 11.1 Å². The average Bonchev–Trinajstić information content (AvgIpc) is 2.38. The van der Waals surface area contributed by atoms with Gasteiger partial charge in [-0.2, -0.15) is 0 Å². The van der Waals surface area contributed by atoms with Crippen LogP contribution in [0.15, 0.2) is 18.3 Å². The molecule has 1 aromatic heterocycles. The number of hydrogen-bond donors (Lipinski definition) is 2. The van der Waals surface area contributed by atoms with Crippen molar-refractivity contribution in [3.05, 3.63) is 23.5 Å². The molecule has 4 nitrogen and oxygen atoms in total. The molecule has 1 heterocycles. The highest BCUT2D eigenvalue weighted by atomic mass is 35.5. The zero-order valence-corrected chi connectivity index (χ0v) is 12.9. The molecule has 20 heavy (non-hydrogen) atoms. The number of halogens is 1. The summed E-state index contributed by atoms with van der Waals surface area (Å²) in [5.74, 6) is 0.321. The predicted molar refractivity (Wildman–Crippen MR) is 81.5 cm³/mol. The van der Waals surface area contributed by atoms with Gasteiger partial charge in [-0.3, -0.25) is 4.79 Å². The van der Waals surface area contributed by atoms with Crippen molar-refractivity contribution in [2.24, 2.45) is 23.0 Å². The molecule has 1 aromatic rings. The number of pyridine rings is 1. The van der Waals surface area contributed by atoms with E-state index in [-0.39, 0.29) is 23.3 Å². The van der Waals surface area contributed by atoms with Crippen molar-refractivity contribution in [1.82, 2.24) is 4.98 Å². The highest BCUT2D eigenvalue weighted by molar-refractivity contribution is 6.29. The van der Waals surface area contributed by atoms with Crippen molar-refractivity contribution >= 4 is 23.2 Å². The van der Waals surface area contributed by atoms with Gasteiger partial charge in [0.2, 0.25) is 5.91 Å². The van der Waals surface area contributed by atoms with Crippen molar-refractivity contribution in [3.8, 4) is 0 Å². The van der Waals surface area contributed by atoms with Gasteiger partial charge in [-0.25, -0.2) is 4.98 Å². The summed E-state index contributed by atoms with van der Waals surface area (Å²) in [4.78, 5) is 16.5. The lowest BCUT2D eigenvalue weighted by Crippen LogP contribution is -2.50. The number of nitrogens with one attached hydrogen (secondary N) is 1. The Bertz CT molecular complexity index is 486. The molecule has 0 spiro atoms. The molecule has 110 valence electrons. The largest absolute Gasteiger partial charge is 0.327 e. The first-order valence-corrected chi connectivity index (χ1v) is 7.38. The lowest BCUT2D eigenvalue weighted by molar-refractivity contribution is -0.127. The van der Waals surface area contributed by atoms with Gasteiger partial charge in [0.15, 0.2) is 0 Å². The van der Waals surface area contributed by atoms with Gasteiger partial charge in [-0.05, 0) is 36.3 Å². The summed E-state index contributed by atoms with van der Waals surface area (Å²) >= 11 is 5.74. The molecule has 1 aliphatic carbocycles. The standard InChI is InChI=1S/C15H22ClN3O/c1-9-12(17)6-5-11(15(9,2)3)14(20)19-10-4-7-13(16)18-8-10/h4,7-9,11-12H,5-6,17H2,1-3H3,(H,19,20). The molecule has 1 fully saturated rings. The van der Waals surface area contributed by atoms with E-state index in [4.69, 9.17) is 17.3 Å². The summed E-state index contributed by atoms with van der Waals surface area (Å²) < 4.78 is 0. The number of amides is 1. The number of nitrogens with zero attached hydrogens (tertiary/aromatic N) is 1. The molecule has 3 unspecified atom stereocenters. The normalized spacial score (nSPS) is 28.9. The Labute approximate surface area is 125 Å². The summed E-state index contributed by atoms with van der Waals surface area (Å²) in [7, 11) is 0. The second-order valence-electron chi connectivity index (χ2n) is 6.26. The molecule has 0 aromatic carbocycles. The highest BCUT2D eigenvalue weighted by Crippen LogP contribution is 2.44. The van der Waals surface area contributed by atoms with E-state index in [1.54, 1.807) is 18.3 Å². The van der Waals surface area contributed by atoms with Crippen molar-refractivity contribution in [2.75, 3.05) is 5.32 Å². The van der Waals surface area contributed by atoms with Gasteiger partial charge >= 0.3 is 0 Å². The SMILES string of the molecule is CC1C(N)CCC(C(=O)Nc2ccc(Cl)nc2)C1(C)C. The molecule has 2 rings (SSSR count). The van der Waals surface area contributed by atoms with Gasteiger partial charge in [0.25, 0.3) is 0 Å². The van der Waals surface area contributed by atoms with E-state index in [1.807, 2.05) is 0 Å². The van der Waals surface area contributed by atoms with Crippen LogP contribution >= 0.6 is 11.6 Å². The van der Waals surface area contributed by atoms with Crippen LogP contribution in [0.4, 0.5) is 5.69 Å². The summed E-state index contributed by atoms with van der Waals surface area (Å²) in [6.45, 7) is 6.38. The molecule has 0 radical (unpaired) electrons. The van der Waals surface area contributed by atoms with Crippen LogP contribution in [0.2, 0.25) is 5.15 Å². The van der Waals surface area contributed by atoms with Crippen LogP contribution in [0.3, 0.4) is 0 Å². The molecule has 0 bridgehead atoms. The number of aromatic nitrogens is 1. The maximum atomic E-state index is 12.5. The van der Waals surface area contributed by atoms with E-state index < -0.39 is 0 Å². The Kier molecular flexibility index (Phi) is 4.35. The molecular formula is C15H22ClN3O. The van der Waals surface area contributed by atoms with Crippen LogP contribution in [0.5, 0.6) is 0 Å². The summed E-state index contributed by atoms with van der Waals surface area (Å²) in [6.07, 6.45) is 3.29. The van der Waals surface area contributed by atoms with Gasteiger partial charge in [-0.15, -0.1) is 0 Å². The molecule has 0 saturated heterocycles. The Balaban J connectivity index is 2.10. The van der Waals surface area contributed by atoms with Gasteiger partial charge in [0.05, 0.1) is 11.9 Å². The number of carbonyl (C=O) groups is 1. The number of carbonyl (C=O) groups excluding carboxylic acids is 1. The van der Waals surface area contributed by atoms with Gasteiger partial charge in [0, 0.05) is 12.0 Å². The van der Waals surface area contributed by atoms with E-state index in [2.05, 4.69) is 31.1 Å². The average molecular weight is 296 g/mol. The quantitative estimate of drug-likeness (QED) is 0.824. The minimum absolute atomic E-state index is 0.0343. The monoisotopic (exact) mass is 295 g/mol. The first-order chi connectivity index (χ1) is 9.32. The zero-order valence-electron chi connectivity index (χ0n) is 12.2. The third-order valence-electron chi connectivity index (χ3n) is 4.81. The van der Waals surface area contributed by atoms with Crippen molar-refractivity contribution in [1.29, 1.82) is 0 Å². The number of nitrogens with two attached hydrogens (primary N) is 1. The van der Waals surface area contributed by atoms with E-state index >= 15 is 0 Å². The molecule has 1 amide bonds. The van der Waals surface area contributed by atoms with Crippen molar-refractivity contribution in [3.63, 3.8) is 0 Å². The number of hydrogen-bond acceptors (Lipinski definition) is 3. The molecular weight excluding hydrogens is 274 g/mol. The minimum Gasteiger partial charge on any atom is -0.327 e. The molecule has 5 heteroatoms. The van der Waals surface area contributed by atoms with E-state index in [0.29, 0.717) is 16.8 Å². The third-order valence-corrected chi connectivity index (χ3v) is 5.04. The van der Waals surface area contributed by atoms with Gasteiger partial charge in [0.1, 0.15) is 5.15 Å². The fourth-order valence-corrected chi connectivity index (χ4v) is 3.11. The third kappa shape index (κ3) is 2.96.